The lowest BCUT2D eigenvalue weighted by Gasteiger charge is -2.17. The van der Waals surface area contributed by atoms with Crippen LogP contribution in [-0.2, 0) is 4.74 Å². The van der Waals surface area contributed by atoms with E-state index in [-0.39, 0.29) is 11.5 Å². The van der Waals surface area contributed by atoms with Crippen LogP contribution in [0.2, 0.25) is 10.0 Å². The Hall–Kier alpha value is -0.150. The zero-order valence-corrected chi connectivity index (χ0v) is 13.1. The fourth-order valence-electron chi connectivity index (χ4n) is 2.24. The van der Waals surface area contributed by atoms with Crippen molar-refractivity contribution < 1.29 is 9.47 Å². The highest BCUT2D eigenvalue weighted by molar-refractivity contribution is 6.35. The van der Waals surface area contributed by atoms with Gasteiger partial charge in [0.2, 0.25) is 0 Å². The molecule has 1 heterocycles. The van der Waals surface area contributed by atoms with Crippen molar-refractivity contribution in [1.82, 2.24) is 0 Å². The minimum atomic E-state index is -0.191. The molecule has 1 saturated heterocycles. The first-order chi connectivity index (χ1) is 9.11. The first-order valence-corrected chi connectivity index (χ1v) is 7.68. The number of alkyl halides is 1. The molecule has 2 unspecified atom stereocenters. The van der Waals surface area contributed by atoms with Gasteiger partial charge in [0.25, 0.3) is 0 Å². The molecule has 19 heavy (non-hydrogen) atoms. The van der Waals surface area contributed by atoms with Gasteiger partial charge in [0.15, 0.2) is 0 Å². The molecule has 1 aromatic rings. The van der Waals surface area contributed by atoms with E-state index in [4.69, 9.17) is 44.3 Å². The van der Waals surface area contributed by atoms with Gasteiger partial charge in [-0.2, -0.15) is 0 Å². The van der Waals surface area contributed by atoms with Gasteiger partial charge in [-0.3, -0.25) is 0 Å². The second kappa shape index (κ2) is 7.03. The van der Waals surface area contributed by atoms with Crippen LogP contribution in [-0.4, -0.2) is 19.3 Å². The van der Waals surface area contributed by atoms with Crippen molar-refractivity contribution in [2.45, 2.75) is 37.7 Å². The van der Waals surface area contributed by atoms with Crippen LogP contribution in [0.4, 0.5) is 0 Å². The molecule has 1 fully saturated rings. The molecule has 106 valence electrons. The highest BCUT2D eigenvalue weighted by atomic mass is 35.5. The van der Waals surface area contributed by atoms with Crippen LogP contribution >= 0.6 is 34.8 Å². The second-order valence-electron chi connectivity index (χ2n) is 4.58. The molecule has 1 aliphatic heterocycles. The smallest absolute Gasteiger partial charge is 0.139 e. The molecular formula is C14H17Cl3O2. The SMILES string of the molecule is CCOc1cc(Cl)c(C(Cl)CC2CCCO2)cc1Cl. The van der Waals surface area contributed by atoms with Crippen LogP contribution in [0.3, 0.4) is 0 Å². The first-order valence-electron chi connectivity index (χ1n) is 6.49. The van der Waals surface area contributed by atoms with Gasteiger partial charge < -0.3 is 9.47 Å². The zero-order chi connectivity index (χ0) is 13.8. The van der Waals surface area contributed by atoms with Gasteiger partial charge >= 0.3 is 0 Å². The molecule has 2 atom stereocenters. The average Bonchev–Trinajstić information content (AvgIpc) is 2.86. The van der Waals surface area contributed by atoms with Crippen LogP contribution in [0.5, 0.6) is 5.75 Å². The van der Waals surface area contributed by atoms with Gasteiger partial charge in [-0.1, -0.05) is 23.2 Å². The van der Waals surface area contributed by atoms with E-state index >= 15 is 0 Å². The maximum Gasteiger partial charge on any atom is 0.139 e. The van der Waals surface area contributed by atoms with Crippen LogP contribution in [0.1, 0.15) is 37.1 Å². The Kier molecular flexibility index (Phi) is 5.64. The molecule has 0 N–H and O–H groups in total. The van der Waals surface area contributed by atoms with Crippen LogP contribution < -0.4 is 4.74 Å². The Morgan fingerprint density at radius 2 is 2.16 bits per heavy atom. The molecule has 2 nitrogen and oxygen atoms in total. The van der Waals surface area contributed by atoms with Gasteiger partial charge in [-0.15, -0.1) is 11.6 Å². The Bertz CT molecular complexity index is 431. The number of halogens is 3. The summed E-state index contributed by atoms with van der Waals surface area (Å²) in [7, 11) is 0. The normalized spacial score (nSPS) is 20.5. The molecule has 5 heteroatoms. The fourth-order valence-corrected chi connectivity index (χ4v) is 3.19. The van der Waals surface area contributed by atoms with Crippen molar-refractivity contribution in [3.8, 4) is 5.75 Å². The van der Waals surface area contributed by atoms with Gasteiger partial charge in [-0.05, 0) is 37.8 Å². The van der Waals surface area contributed by atoms with E-state index in [9.17, 15) is 0 Å². The summed E-state index contributed by atoms with van der Waals surface area (Å²) < 4.78 is 11.0. The Labute approximate surface area is 128 Å². The van der Waals surface area contributed by atoms with Gasteiger partial charge in [-0.25, -0.2) is 0 Å². The average molecular weight is 324 g/mol. The van der Waals surface area contributed by atoms with Gasteiger partial charge in [0.1, 0.15) is 5.75 Å². The molecule has 1 aromatic carbocycles. The summed E-state index contributed by atoms with van der Waals surface area (Å²) in [4.78, 5) is 0. The highest BCUT2D eigenvalue weighted by Crippen LogP contribution is 2.39. The number of ether oxygens (including phenoxy) is 2. The second-order valence-corrected chi connectivity index (χ2v) is 5.92. The molecule has 0 spiro atoms. The number of benzene rings is 1. The van der Waals surface area contributed by atoms with E-state index < -0.39 is 0 Å². The van der Waals surface area contributed by atoms with Crippen molar-refractivity contribution in [3.63, 3.8) is 0 Å². The van der Waals surface area contributed by atoms with Crippen LogP contribution in [0.15, 0.2) is 12.1 Å². The molecular weight excluding hydrogens is 307 g/mol. The summed E-state index contributed by atoms with van der Waals surface area (Å²) in [5.41, 5.74) is 0.840. The Balaban J connectivity index is 2.12. The quantitative estimate of drug-likeness (QED) is 0.690. The summed E-state index contributed by atoms with van der Waals surface area (Å²) in [6.07, 6.45) is 3.15. The van der Waals surface area contributed by atoms with E-state index in [0.717, 1.165) is 31.4 Å². The summed E-state index contributed by atoms with van der Waals surface area (Å²) in [5, 5.41) is 0.939. The van der Waals surface area contributed by atoms with Crippen molar-refractivity contribution >= 4 is 34.8 Å². The molecule has 1 aliphatic rings. The molecule has 0 amide bonds. The predicted octanol–water partition coefficient (Wildman–Crippen LogP) is 5.24. The molecule has 0 aromatic heterocycles. The third-order valence-corrected chi connectivity index (χ3v) is 4.22. The third kappa shape index (κ3) is 3.91. The topological polar surface area (TPSA) is 18.5 Å². The van der Waals surface area contributed by atoms with Crippen LogP contribution in [0.25, 0.3) is 0 Å². The van der Waals surface area contributed by atoms with E-state index in [1.807, 2.05) is 6.92 Å². The molecule has 2 rings (SSSR count). The summed E-state index contributed by atoms with van der Waals surface area (Å²) in [6.45, 7) is 3.28. The molecule has 0 aliphatic carbocycles. The zero-order valence-electron chi connectivity index (χ0n) is 10.8. The number of hydrogen-bond donors (Lipinski definition) is 0. The minimum absolute atomic E-state index is 0.191. The van der Waals surface area contributed by atoms with Crippen molar-refractivity contribution in [3.05, 3.63) is 27.7 Å². The predicted molar refractivity (Wildman–Crippen MR) is 79.8 cm³/mol. The lowest BCUT2D eigenvalue weighted by atomic mass is 10.0. The van der Waals surface area contributed by atoms with Crippen molar-refractivity contribution in [2.75, 3.05) is 13.2 Å². The molecule has 0 saturated carbocycles. The maximum atomic E-state index is 6.43. The number of hydrogen-bond acceptors (Lipinski definition) is 2. The van der Waals surface area contributed by atoms with E-state index in [2.05, 4.69) is 0 Å². The van der Waals surface area contributed by atoms with Crippen LogP contribution in [0, 0.1) is 0 Å². The largest absolute Gasteiger partial charge is 0.492 e. The molecule has 0 bridgehead atoms. The number of rotatable bonds is 5. The Morgan fingerprint density at radius 3 is 2.79 bits per heavy atom. The highest BCUT2D eigenvalue weighted by Gasteiger charge is 2.23. The minimum Gasteiger partial charge on any atom is -0.492 e. The maximum absolute atomic E-state index is 6.43. The van der Waals surface area contributed by atoms with E-state index in [0.29, 0.717) is 22.4 Å². The molecule has 0 radical (unpaired) electrons. The monoisotopic (exact) mass is 322 g/mol. The van der Waals surface area contributed by atoms with E-state index in [1.165, 1.54) is 0 Å². The summed E-state index contributed by atoms with van der Waals surface area (Å²) in [5.74, 6) is 0.596. The standard InChI is InChI=1S/C14H17Cl3O2/c1-2-18-14-8-12(16)10(7-13(14)17)11(15)6-9-4-3-5-19-9/h7-9,11H,2-6H2,1H3. The van der Waals surface area contributed by atoms with Crippen molar-refractivity contribution in [2.24, 2.45) is 0 Å². The van der Waals surface area contributed by atoms with Crippen molar-refractivity contribution in [1.29, 1.82) is 0 Å². The lowest BCUT2D eigenvalue weighted by molar-refractivity contribution is 0.103. The first kappa shape index (κ1) is 15.2. The third-order valence-electron chi connectivity index (χ3n) is 3.18. The van der Waals surface area contributed by atoms with Gasteiger partial charge in [0.05, 0.1) is 23.1 Å². The fraction of sp³-hybridized carbons (Fsp3) is 0.571. The Morgan fingerprint density at radius 1 is 1.37 bits per heavy atom. The lowest BCUT2D eigenvalue weighted by Crippen LogP contribution is -2.08. The summed E-state index contributed by atoms with van der Waals surface area (Å²) in [6, 6.07) is 3.52. The van der Waals surface area contributed by atoms with Gasteiger partial charge in [0, 0.05) is 17.7 Å². The van der Waals surface area contributed by atoms with E-state index in [1.54, 1.807) is 12.1 Å². The summed E-state index contributed by atoms with van der Waals surface area (Å²) >= 11 is 18.8.